The van der Waals surface area contributed by atoms with Crippen LogP contribution in [0.4, 0.5) is 34.4 Å². The molecule has 0 spiro atoms. The second-order valence-electron chi connectivity index (χ2n) is 18.5. The Morgan fingerprint density at radius 3 is 1.27 bits per heavy atom. The molecule has 6 N–H and O–H groups in total. The number of benzene rings is 2. The maximum Gasteiger partial charge on any atom is 0.257 e. The number of unbranched alkanes of at least 4 members (excludes halogenated alkanes) is 2. The van der Waals surface area contributed by atoms with E-state index in [1.165, 1.54) is 40.0 Å². The zero-order valence-electron chi connectivity index (χ0n) is 39.9. The highest BCUT2D eigenvalue weighted by Gasteiger charge is 2.30. The highest BCUT2D eigenvalue weighted by Crippen LogP contribution is 2.39. The van der Waals surface area contributed by atoms with Crippen LogP contribution in [0.2, 0.25) is 0 Å². The lowest BCUT2D eigenvalue weighted by atomic mass is 9.91. The predicted molar refractivity (Wildman–Crippen MR) is 259 cm³/mol. The first kappa shape index (κ1) is 51.5. The minimum absolute atomic E-state index is 0.0533. The number of nitrogens with zero attached hydrogens (tertiary/aromatic N) is 11. The van der Waals surface area contributed by atoms with Crippen molar-refractivity contribution in [3.05, 3.63) is 66.2 Å². The molecular weight excluding hydrogens is 879 g/mol. The molecule has 2 unspecified atom stereocenters. The maximum atomic E-state index is 13.1. The molecule has 21 heteroatoms. The van der Waals surface area contributed by atoms with E-state index in [9.17, 15) is 16.8 Å². The Labute approximate surface area is 389 Å². The Kier molecular flexibility index (Phi) is 17.0. The Morgan fingerprint density at radius 1 is 0.591 bits per heavy atom. The lowest BCUT2D eigenvalue weighted by Crippen LogP contribution is -2.29. The molecule has 0 amide bonds. The van der Waals surface area contributed by atoms with Crippen molar-refractivity contribution in [3.63, 3.8) is 0 Å². The van der Waals surface area contributed by atoms with Crippen molar-refractivity contribution >= 4 is 54.4 Å². The standard InChI is InChI=1S/C45H67N15O4S2/c1-11-15-17-30(13-3)27-50-65(61,62)34-23-19-32(20-24-34)53-55-36-38(44(5,6)7)57-59(40(36)46)42-48-29-49-43(52-42)60-41(47)37(39(58-60)45(8,9)10)56-54-33-21-25-35(26-22-33)66(63,64)51-28-31(14-4)18-16-12-2/h19-26,29-31,50-51H,11-18,27-28,46-47H2,1-10H3/b55-53+,56-54+. The first-order valence-electron chi connectivity index (χ1n) is 22.6. The molecule has 19 nitrogen and oxygen atoms in total. The van der Waals surface area contributed by atoms with Gasteiger partial charge < -0.3 is 11.5 Å². The number of nitrogens with one attached hydrogen (secondary N) is 2. The Bertz CT molecular complexity index is 2500. The van der Waals surface area contributed by atoms with E-state index in [0.717, 1.165) is 51.4 Å². The summed E-state index contributed by atoms with van der Waals surface area (Å²) in [6, 6.07) is 12.3. The number of sulfonamides is 2. The van der Waals surface area contributed by atoms with Crippen LogP contribution >= 0.6 is 0 Å². The van der Waals surface area contributed by atoms with Gasteiger partial charge in [0.25, 0.3) is 11.9 Å². The van der Waals surface area contributed by atoms with E-state index >= 15 is 0 Å². The predicted octanol–water partition coefficient (Wildman–Crippen LogP) is 9.82. The van der Waals surface area contributed by atoms with Gasteiger partial charge in [-0.05, 0) is 73.2 Å². The molecule has 2 aromatic carbocycles. The first-order chi connectivity index (χ1) is 31.1. The molecule has 5 aromatic rings. The monoisotopic (exact) mass is 945 g/mol. The molecule has 5 rings (SSSR count). The van der Waals surface area contributed by atoms with Gasteiger partial charge in [0.1, 0.15) is 6.33 Å². The van der Waals surface area contributed by atoms with E-state index in [2.05, 4.69) is 72.5 Å². The molecular formula is C45H67N15O4S2. The third kappa shape index (κ3) is 12.9. The highest BCUT2D eigenvalue weighted by molar-refractivity contribution is 7.89. The summed E-state index contributed by atoms with van der Waals surface area (Å²) in [4.78, 5) is 13.6. The summed E-state index contributed by atoms with van der Waals surface area (Å²) in [6.07, 6.45) is 9.26. The van der Waals surface area contributed by atoms with Gasteiger partial charge in [0.2, 0.25) is 20.0 Å². The van der Waals surface area contributed by atoms with Crippen LogP contribution in [0.25, 0.3) is 11.9 Å². The van der Waals surface area contributed by atoms with Crippen molar-refractivity contribution in [2.75, 3.05) is 24.6 Å². The molecule has 2 atom stereocenters. The summed E-state index contributed by atoms with van der Waals surface area (Å²) >= 11 is 0. The van der Waals surface area contributed by atoms with Gasteiger partial charge in [0, 0.05) is 23.9 Å². The molecule has 0 bridgehead atoms. The largest absolute Gasteiger partial charge is 0.382 e. The molecule has 0 aliphatic carbocycles. The van der Waals surface area contributed by atoms with Gasteiger partial charge in [0.05, 0.1) is 32.6 Å². The number of hydrogen-bond acceptors (Lipinski definition) is 15. The smallest absolute Gasteiger partial charge is 0.257 e. The highest BCUT2D eigenvalue weighted by atomic mass is 32.2. The molecule has 3 heterocycles. The lowest BCUT2D eigenvalue weighted by Gasteiger charge is -2.15. The zero-order chi connectivity index (χ0) is 48.5. The SMILES string of the molecule is CCCCC(CC)CNS(=O)(=O)c1ccc(/N=N/c2c(C(C)(C)C)nn(-c3ncnc(-n4nc(C(C)(C)C)c(/N=N/c5ccc(S(=O)(=O)NCC(CC)CCCC)cc5)c4N)n3)c2N)cc1. The fourth-order valence-electron chi connectivity index (χ4n) is 6.95. The van der Waals surface area contributed by atoms with Crippen molar-refractivity contribution in [1.82, 2.24) is 44.0 Å². The molecule has 3 aromatic heterocycles. The molecule has 0 aliphatic rings. The second-order valence-corrected chi connectivity index (χ2v) is 22.0. The summed E-state index contributed by atoms with van der Waals surface area (Å²) in [5, 5.41) is 27.3. The van der Waals surface area contributed by atoms with Crippen LogP contribution in [-0.2, 0) is 30.9 Å². The number of nitrogen functional groups attached to an aromatic ring is 2. The van der Waals surface area contributed by atoms with Gasteiger partial charge in [-0.3, -0.25) is 0 Å². The maximum absolute atomic E-state index is 13.1. The minimum atomic E-state index is -3.71. The zero-order valence-corrected chi connectivity index (χ0v) is 41.6. The summed E-state index contributed by atoms with van der Waals surface area (Å²) in [6.45, 7) is 20.9. The molecule has 0 saturated carbocycles. The fraction of sp³-hybridized carbons (Fsp3) is 0.533. The van der Waals surface area contributed by atoms with Crippen LogP contribution in [0.1, 0.15) is 132 Å². The van der Waals surface area contributed by atoms with Gasteiger partial charge in [0.15, 0.2) is 23.0 Å². The van der Waals surface area contributed by atoms with Crippen LogP contribution in [-0.4, -0.2) is 64.4 Å². The Hall–Kier alpha value is -5.51. The number of azo groups is 2. The topological polar surface area (TPSA) is 268 Å². The van der Waals surface area contributed by atoms with Gasteiger partial charge in [-0.1, -0.05) is 108 Å². The second kappa shape index (κ2) is 21.9. The van der Waals surface area contributed by atoms with Gasteiger partial charge in [-0.15, -0.1) is 10.2 Å². The van der Waals surface area contributed by atoms with Crippen molar-refractivity contribution in [2.24, 2.45) is 32.3 Å². The molecule has 0 saturated heterocycles. The molecule has 0 fully saturated rings. The van der Waals surface area contributed by atoms with E-state index in [-0.39, 0.29) is 56.5 Å². The number of rotatable bonds is 22. The third-order valence-electron chi connectivity index (χ3n) is 11.2. The normalized spacial score (nSPS) is 13.8. The van der Waals surface area contributed by atoms with Crippen LogP contribution in [0.3, 0.4) is 0 Å². The lowest BCUT2D eigenvalue weighted by molar-refractivity contribution is 0.443. The van der Waals surface area contributed by atoms with Gasteiger partial charge in [-0.2, -0.15) is 44.7 Å². The average Bonchev–Trinajstić information content (AvgIpc) is 3.81. The summed E-state index contributed by atoms with van der Waals surface area (Å²) in [7, 11) is -7.43. The van der Waals surface area contributed by atoms with E-state index in [1.54, 1.807) is 24.3 Å². The van der Waals surface area contributed by atoms with Crippen molar-refractivity contribution in [2.45, 2.75) is 141 Å². The molecule has 0 radical (unpaired) electrons. The summed E-state index contributed by atoms with van der Waals surface area (Å²) < 4.78 is 60.5. The quantitative estimate of drug-likeness (QED) is 0.0474. The average molecular weight is 946 g/mol. The minimum Gasteiger partial charge on any atom is -0.382 e. The molecule has 0 aliphatic heterocycles. The van der Waals surface area contributed by atoms with Crippen LogP contribution < -0.4 is 20.9 Å². The van der Waals surface area contributed by atoms with Crippen molar-refractivity contribution in [3.8, 4) is 11.9 Å². The number of hydrogen-bond donors (Lipinski definition) is 4. The molecule has 66 heavy (non-hydrogen) atoms. The Morgan fingerprint density at radius 2 is 0.955 bits per heavy atom. The number of nitrogens with two attached hydrogens (primary N) is 2. The van der Waals surface area contributed by atoms with Crippen LogP contribution in [0.15, 0.2) is 85.1 Å². The van der Waals surface area contributed by atoms with Crippen molar-refractivity contribution < 1.29 is 16.8 Å². The van der Waals surface area contributed by atoms with E-state index < -0.39 is 30.9 Å². The van der Waals surface area contributed by atoms with Gasteiger partial charge in [-0.25, -0.2) is 26.3 Å². The van der Waals surface area contributed by atoms with Crippen LogP contribution in [0.5, 0.6) is 0 Å². The molecule has 358 valence electrons. The van der Waals surface area contributed by atoms with E-state index in [1.807, 2.05) is 41.5 Å². The van der Waals surface area contributed by atoms with E-state index in [0.29, 0.717) is 35.9 Å². The Balaban J connectivity index is 1.40. The first-order valence-corrected chi connectivity index (χ1v) is 25.6. The van der Waals surface area contributed by atoms with Crippen molar-refractivity contribution in [1.29, 1.82) is 0 Å². The summed E-state index contributed by atoms with van der Waals surface area (Å²) in [5.41, 5.74) is 14.7. The van der Waals surface area contributed by atoms with Crippen LogP contribution in [0, 0.1) is 11.8 Å². The third-order valence-corrected chi connectivity index (χ3v) is 14.1. The number of anilines is 2. The fourth-order valence-corrected chi connectivity index (χ4v) is 9.18. The van der Waals surface area contributed by atoms with Gasteiger partial charge >= 0.3 is 0 Å². The number of aromatic nitrogens is 7. The van der Waals surface area contributed by atoms with E-state index in [4.69, 9.17) is 21.7 Å². The summed E-state index contributed by atoms with van der Waals surface area (Å²) in [5.74, 6) is 0.854.